The summed E-state index contributed by atoms with van der Waals surface area (Å²) in [5, 5.41) is 0.390. The predicted octanol–water partition coefficient (Wildman–Crippen LogP) is 6.14. The van der Waals surface area contributed by atoms with Gasteiger partial charge in [-0.05, 0) is 50.9 Å². The molecule has 0 unspecified atom stereocenters. The Morgan fingerprint density at radius 1 is 1.28 bits per heavy atom. The molecule has 2 rings (SSSR count). The van der Waals surface area contributed by atoms with Gasteiger partial charge in [0.1, 0.15) is 0 Å². The molecule has 1 aliphatic carbocycles. The monoisotopic (exact) mass is 503 g/mol. The van der Waals surface area contributed by atoms with Crippen LogP contribution >= 0.6 is 27.9 Å². The van der Waals surface area contributed by atoms with E-state index in [0.29, 0.717) is 5.33 Å². The lowest BCUT2D eigenvalue weighted by Gasteiger charge is -2.22. The summed E-state index contributed by atoms with van der Waals surface area (Å²) >= 11 is 8.44. The van der Waals surface area contributed by atoms with Crippen LogP contribution in [0.4, 0.5) is 0 Å². The molecule has 29 heavy (non-hydrogen) atoms. The molecule has 166 valence electrons. The zero-order valence-electron chi connectivity index (χ0n) is 18.6. The first-order chi connectivity index (χ1) is 13.8. The van der Waals surface area contributed by atoms with Crippen molar-refractivity contribution in [3.8, 4) is 0 Å². The van der Waals surface area contributed by atoms with E-state index < -0.39 is 0 Å². The van der Waals surface area contributed by atoms with Gasteiger partial charge in [-0.2, -0.15) is 0 Å². The zero-order chi connectivity index (χ0) is 22.2. The molecule has 0 atom stereocenters. The maximum atomic E-state index is 11.5. The smallest absolute Gasteiger partial charge is 0.173 e. The number of halogens is 1. The Morgan fingerprint density at radius 2 is 1.90 bits per heavy atom. The van der Waals surface area contributed by atoms with Crippen LogP contribution in [0.15, 0.2) is 18.2 Å². The largest absolute Gasteiger partial charge is 0.305 e. The standard InChI is InChI=1S/C12H16BrNO.C10H21NS.HNS/c1-9-6-10(8-14(2)3)4-5-11(9)12(15)7-13;1-9(2)8-12-11-10-6-4-3-5-7-10;1-2/h4-6H,7-8H2,1-3H3;9-11H,3-8H2,1-2H3;1H. The minimum Gasteiger partial charge on any atom is -0.305 e. The first-order valence-electron chi connectivity index (χ1n) is 10.2. The molecule has 0 bridgehead atoms. The highest BCUT2D eigenvalue weighted by atomic mass is 79.9. The van der Waals surface area contributed by atoms with Gasteiger partial charge in [-0.15, -0.1) is 0 Å². The van der Waals surface area contributed by atoms with E-state index in [4.69, 9.17) is 4.78 Å². The Morgan fingerprint density at radius 3 is 2.38 bits per heavy atom. The molecule has 7 heteroatoms. The Labute approximate surface area is 196 Å². The van der Waals surface area contributed by atoms with E-state index in [-0.39, 0.29) is 5.78 Å². The van der Waals surface area contributed by atoms with Crippen molar-refractivity contribution < 1.29 is 4.79 Å². The van der Waals surface area contributed by atoms with Crippen LogP contribution in [0.3, 0.4) is 0 Å². The van der Waals surface area contributed by atoms with Crippen LogP contribution in [-0.4, -0.2) is 41.9 Å². The number of hydrogen-bond donors (Lipinski definition) is 2. The molecule has 0 amide bonds. The lowest BCUT2D eigenvalue weighted by atomic mass is 9.96. The fourth-order valence-electron chi connectivity index (χ4n) is 3.13. The second kappa shape index (κ2) is 17.4. The highest BCUT2D eigenvalue weighted by molar-refractivity contribution is 9.09. The number of carbonyl (C=O) groups excluding carboxylic acids is 1. The molecular formula is C22H38BrN3OS2. The van der Waals surface area contributed by atoms with Crippen LogP contribution in [0.2, 0.25) is 0 Å². The third-order valence-electron chi connectivity index (χ3n) is 4.48. The molecule has 0 heterocycles. The van der Waals surface area contributed by atoms with Gasteiger partial charge in [-0.3, -0.25) is 9.52 Å². The zero-order valence-corrected chi connectivity index (χ0v) is 21.8. The van der Waals surface area contributed by atoms with Crippen molar-refractivity contribution in [3.63, 3.8) is 0 Å². The molecule has 1 aromatic rings. The van der Waals surface area contributed by atoms with Crippen molar-refractivity contribution in [2.45, 2.75) is 65.5 Å². The maximum absolute atomic E-state index is 11.5. The van der Waals surface area contributed by atoms with E-state index in [9.17, 15) is 4.79 Å². The summed E-state index contributed by atoms with van der Waals surface area (Å²) < 4.78 is 8.90. The van der Waals surface area contributed by atoms with Gasteiger partial charge in [0.15, 0.2) is 5.78 Å². The molecule has 1 aliphatic rings. The van der Waals surface area contributed by atoms with Crippen LogP contribution in [0.25, 0.3) is 0 Å². The SMILES string of the molecule is CC(C)CSNC1CCCCC1.Cc1cc(CN(C)C)ccc1C(=O)CBr.N=S. The third-order valence-corrected chi connectivity index (χ3v) is 6.33. The third kappa shape index (κ3) is 13.6. The van der Waals surface area contributed by atoms with Crippen LogP contribution in [0, 0.1) is 17.6 Å². The number of nitrogens with zero attached hydrogens (tertiary/aromatic N) is 1. The van der Waals surface area contributed by atoms with Crippen molar-refractivity contribution >= 4 is 46.1 Å². The Kier molecular flexibility index (Phi) is 17.1. The lowest BCUT2D eigenvalue weighted by Crippen LogP contribution is -2.26. The Bertz CT molecular complexity index is 579. The van der Waals surface area contributed by atoms with Gasteiger partial charge in [0.2, 0.25) is 0 Å². The molecule has 2 N–H and O–H groups in total. The van der Waals surface area contributed by atoms with Gasteiger partial charge in [-0.25, -0.2) is 4.78 Å². The second-order valence-corrected chi connectivity index (χ2v) is 9.52. The molecule has 0 saturated heterocycles. The number of ketones is 1. The fourth-order valence-corrected chi connectivity index (χ4v) is 4.33. The van der Waals surface area contributed by atoms with Crippen molar-refractivity contribution in [2.75, 3.05) is 25.2 Å². The van der Waals surface area contributed by atoms with Gasteiger partial charge in [0, 0.05) is 36.3 Å². The normalized spacial score (nSPS) is 14.1. The predicted molar refractivity (Wildman–Crippen MR) is 134 cm³/mol. The number of nitrogens with one attached hydrogen (secondary N) is 2. The minimum absolute atomic E-state index is 0.143. The summed E-state index contributed by atoms with van der Waals surface area (Å²) in [5.74, 6) is 2.20. The topological polar surface area (TPSA) is 56.2 Å². The number of alkyl halides is 1. The number of rotatable bonds is 8. The fraction of sp³-hybridized carbons (Fsp3) is 0.682. The molecule has 0 spiro atoms. The van der Waals surface area contributed by atoms with E-state index in [1.807, 2.05) is 45.1 Å². The van der Waals surface area contributed by atoms with Crippen LogP contribution < -0.4 is 4.72 Å². The van der Waals surface area contributed by atoms with E-state index >= 15 is 0 Å². The quantitative estimate of drug-likeness (QED) is 0.253. The second-order valence-electron chi connectivity index (χ2n) is 8.10. The van der Waals surface area contributed by atoms with Crippen LogP contribution in [0.5, 0.6) is 0 Å². The van der Waals surface area contributed by atoms with Gasteiger partial charge in [0.25, 0.3) is 0 Å². The van der Waals surface area contributed by atoms with Crippen LogP contribution in [0.1, 0.15) is 67.4 Å². The average molecular weight is 505 g/mol. The van der Waals surface area contributed by atoms with Crippen LogP contribution in [-0.2, 0) is 19.0 Å². The van der Waals surface area contributed by atoms with E-state index in [2.05, 4.69) is 57.9 Å². The Hall–Kier alpha value is -0.340. The number of aryl methyl sites for hydroxylation is 1. The summed E-state index contributed by atoms with van der Waals surface area (Å²) in [5.41, 5.74) is 3.11. The van der Waals surface area contributed by atoms with Crippen molar-refractivity contribution in [3.05, 3.63) is 34.9 Å². The van der Waals surface area contributed by atoms with E-state index in [1.54, 1.807) is 0 Å². The number of hydrogen-bond acceptors (Lipinski definition) is 6. The van der Waals surface area contributed by atoms with Gasteiger partial charge in [-0.1, -0.05) is 79.2 Å². The summed E-state index contributed by atoms with van der Waals surface area (Å²) in [6, 6.07) is 6.82. The van der Waals surface area contributed by atoms with Gasteiger partial charge in [0.05, 0.1) is 5.33 Å². The summed E-state index contributed by atoms with van der Waals surface area (Å²) in [7, 11) is 4.07. The Balaban J connectivity index is 0.000000508. The highest BCUT2D eigenvalue weighted by Crippen LogP contribution is 2.19. The molecular weight excluding hydrogens is 466 g/mol. The molecule has 1 saturated carbocycles. The van der Waals surface area contributed by atoms with Gasteiger partial charge < -0.3 is 4.90 Å². The van der Waals surface area contributed by atoms with E-state index in [1.165, 1.54) is 43.4 Å². The number of benzene rings is 1. The average Bonchev–Trinajstić information content (AvgIpc) is 2.70. The van der Waals surface area contributed by atoms with Crippen molar-refractivity contribution in [1.29, 1.82) is 4.78 Å². The summed E-state index contributed by atoms with van der Waals surface area (Å²) in [6.07, 6.45) is 7.10. The molecule has 0 aromatic heterocycles. The first kappa shape index (κ1) is 28.7. The van der Waals surface area contributed by atoms with E-state index in [0.717, 1.165) is 29.6 Å². The van der Waals surface area contributed by atoms with Crippen molar-refractivity contribution in [2.24, 2.45) is 5.92 Å². The molecule has 1 fully saturated rings. The van der Waals surface area contributed by atoms with Crippen molar-refractivity contribution in [1.82, 2.24) is 9.62 Å². The number of Topliss-reactive ketones (excluding diaryl/α,β-unsaturated/α-hetero) is 1. The first-order valence-corrected chi connectivity index (χ1v) is 12.8. The molecule has 0 aliphatic heterocycles. The number of carbonyl (C=O) groups is 1. The molecule has 4 nitrogen and oxygen atoms in total. The lowest BCUT2D eigenvalue weighted by molar-refractivity contribution is 0.102. The highest BCUT2D eigenvalue weighted by Gasteiger charge is 2.12. The summed E-state index contributed by atoms with van der Waals surface area (Å²) in [6.45, 7) is 7.43. The minimum atomic E-state index is 0.143. The molecule has 0 radical (unpaired) electrons. The maximum Gasteiger partial charge on any atom is 0.173 e. The molecule has 1 aromatic carbocycles. The van der Waals surface area contributed by atoms with Gasteiger partial charge >= 0.3 is 0 Å². The summed E-state index contributed by atoms with van der Waals surface area (Å²) in [4.78, 5) is 13.6.